The molecule has 0 bridgehead atoms. The van der Waals surface area contributed by atoms with Crippen LogP contribution in [-0.2, 0) is 0 Å². The molecular weight excluding hydrogens is 135 g/mol. The highest BCUT2D eigenvalue weighted by Crippen LogP contribution is 2.03. The highest BCUT2D eigenvalue weighted by atomic mass is 19.1. The predicted octanol–water partition coefficient (Wildman–Crippen LogP) is 0.492. The minimum absolute atomic E-state index is 0.306. The normalized spacial score (nSPS) is 10.5. The zero-order valence-corrected chi connectivity index (χ0v) is 4.87. The van der Waals surface area contributed by atoms with E-state index in [1.807, 2.05) is 0 Å². The summed E-state index contributed by atoms with van der Waals surface area (Å²) >= 11 is 0. The van der Waals surface area contributed by atoms with Crippen molar-refractivity contribution in [3.05, 3.63) is 18.1 Å². The van der Waals surface area contributed by atoms with Crippen LogP contribution in [0.2, 0.25) is 0 Å². The second kappa shape index (κ2) is 1.73. The van der Waals surface area contributed by atoms with E-state index in [2.05, 4.69) is 20.4 Å². The van der Waals surface area contributed by atoms with Gasteiger partial charge in [0.15, 0.2) is 0 Å². The molecule has 0 aliphatic heterocycles. The van der Waals surface area contributed by atoms with Crippen molar-refractivity contribution in [2.75, 3.05) is 0 Å². The van der Waals surface area contributed by atoms with Crippen LogP contribution in [0, 0.1) is 5.95 Å². The Labute approximate surface area is 55.1 Å². The standard InChI is InChI=1S/C5H3FN4/c6-4-2-1-3-5(7-4)9-10-8-3/h1-2H,(H,7,8,9,10). The summed E-state index contributed by atoms with van der Waals surface area (Å²) in [6.07, 6.45) is 0. The van der Waals surface area contributed by atoms with Crippen molar-refractivity contribution in [1.82, 2.24) is 20.4 Å². The van der Waals surface area contributed by atoms with Crippen LogP contribution in [0.1, 0.15) is 0 Å². The summed E-state index contributed by atoms with van der Waals surface area (Å²) in [6.45, 7) is 0. The fourth-order valence-corrected chi connectivity index (χ4v) is 0.714. The van der Waals surface area contributed by atoms with E-state index in [0.717, 1.165) is 0 Å². The summed E-state index contributed by atoms with van der Waals surface area (Å²) in [5.41, 5.74) is 0.876. The molecule has 0 unspecified atom stereocenters. The van der Waals surface area contributed by atoms with Crippen LogP contribution < -0.4 is 0 Å². The molecule has 0 spiro atoms. The summed E-state index contributed by atoms with van der Waals surface area (Å²) < 4.78 is 12.3. The van der Waals surface area contributed by atoms with Crippen LogP contribution in [0.25, 0.3) is 11.2 Å². The number of pyridine rings is 1. The molecule has 10 heavy (non-hydrogen) atoms. The van der Waals surface area contributed by atoms with Crippen molar-refractivity contribution < 1.29 is 4.39 Å². The molecule has 0 aromatic carbocycles. The fourth-order valence-electron chi connectivity index (χ4n) is 0.714. The van der Waals surface area contributed by atoms with Gasteiger partial charge in [-0.05, 0) is 12.1 Å². The maximum absolute atomic E-state index is 12.3. The fraction of sp³-hybridized carbons (Fsp3) is 0. The lowest BCUT2D eigenvalue weighted by atomic mass is 10.4. The van der Waals surface area contributed by atoms with Gasteiger partial charge in [-0.25, -0.2) is 0 Å². The Hall–Kier alpha value is -1.52. The average Bonchev–Trinajstić information content (AvgIpc) is 2.33. The van der Waals surface area contributed by atoms with Crippen molar-refractivity contribution in [2.24, 2.45) is 0 Å². The molecule has 0 saturated heterocycles. The summed E-state index contributed by atoms with van der Waals surface area (Å²) in [4.78, 5) is 3.46. The first-order chi connectivity index (χ1) is 4.86. The van der Waals surface area contributed by atoms with Gasteiger partial charge in [0.2, 0.25) is 11.6 Å². The molecule has 0 amide bonds. The van der Waals surface area contributed by atoms with Crippen LogP contribution in [-0.4, -0.2) is 20.4 Å². The van der Waals surface area contributed by atoms with E-state index in [1.165, 1.54) is 12.1 Å². The molecule has 2 aromatic rings. The van der Waals surface area contributed by atoms with Crippen LogP contribution >= 0.6 is 0 Å². The van der Waals surface area contributed by atoms with E-state index in [1.54, 1.807) is 0 Å². The summed E-state index contributed by atoms with van der Waals surface area (Å²) in [6, 6.07) is 2.76. The first-order valence-corrected chi connectivity index (χ1v) is 2.69. The molecule has 1 N–H and O–H groups in total. The smallest absolute Gasteiger partial charge is 0.196 e. The number of aromatic amines is 1. The average molecular weight is 138 g/mol. The van der Waals surface area contributed by atoms with Gasteiger partial charge in [-0.2, -0.15) is 19.7 Å². The van der Waals surface area contributed by atoms with Gasteiger partial charge in [-0.1, -0.05) is 0 Å². The zero-order valence-electron chi connectivity index (χ0n) is 4.87. The molecule has 2 aromatic heterocycles. The first kappa shape index (κ1) is 5.28. The van der Waals surface area contributed by atoms with Crippen molar-refractivity contribution >= 4 is 11.2 Å². The summed E-state index contributed by atoms with van der Waals surface area (Å²) in [7, 11) is 0. The van der Waals surface area contributed by atoms with E-state index in [4.69, 9.17) is 0 Å². The van der Waals surface area contributed by atoms with Crippen LogP contribution in [0.4, 0.5) is 4.39 Å². The van der Waals surface area contributed by atoms with Gasteiger partial charge in [0.25, 0.3) is 0 Å². The lowest BCUT2D eigenvalue weighted by Crippen LogP contribution is -1.81. The maximum Gasteiger partial charge on any atom is 0.215 e. The molecule has 0 fully saturated rings. The van der Waals surface area contributed by atoms with Crippen LogP contribution in [0.5, 0.6) is 0 Å². The molecule has 0 aliphatic carbocycles. The maximum atomic E-state index is 12.3. The Balaban J connectivity index is 2.86. The molecular formula is C5H3FN4. The molecule has 2 heterocycles. The van der Waals surface area contributed by atoms with Crippen molar-refractivity contribution in [1.29, 1.82) is 0 Å². The van der Waals surface area contributed by atoms with Gasteiger partial charge in [-0.15, -0.1) is 5.10 Å². The molecule has 0 aliphatic rings. The van der Waals surface area contributed by atoms with E-state index < -0.39 is 5.95 Å². The molecule has 5 heteroatoms. The van der Waals surface area contributed by atoms with Crippen LogP contribution in [0.15, 0.2) is 12.1 Å². The van der Waals surface area contributed by atoms with Crippen LogP contribution in [0.3, 0.4) is 0 Å². The second-order valence-electron chi connectivity index (χ2n) is 1.80. The lowest BCUT2D eigenvalue weighted by molar-refractivity contribution is 0.588. The number of nitrogens with zero attached hydrogens (tertiary/aromatic N) is 3. The van der Waals surface area contributed by atoms with Gasteiger partial charge >= 0.3 is 0 Å². The van der Waals surface area contributed by atoms with E-state index >= 15 is 0 Å². The molecule has 0 saturated carbocycles. The third-order valence-corrected chi connectivity index (χ3v) is 1.15. The Morgan fingerprint density at radius 3 is 3.10 bits per heavy atom. The molecule has 4 nitrogen and oxygen atoms in total. The molecule has 2 rings (SSSR count). The second-order valence-corrected chi connectivity index (χ2v) is 1.80. The Bertz CT molecular complexity index is 355. The van der Waals surface area contributed by atoms with Crippen molar-refractivity contribution in [3.63, 3.8) is 0 Å². The largest absolute Gasteiger partial charge is 0.215 e. The van der Waals surface area contributed by atoms with E-state index in [9.17, 15) is 4.39 Å². The van der Waals surface area contributed by atoms with Gasteiger partial charge in [0.1, 0.15) is 5.52 Å². The number of nitrogens with one attached hydrogen (secondary N) is 1. The van der Waals surface area contributed by atoms with Gasteiger partial charge in [-0.3, -0.25) is 0 Å². The third-order valence-electron chi connectivity index (χ3n) is 1.15. The number of hydrogen-bond donors (Lipinski definition) is 1. The monoisotopic (exact) mass is 138 g/mol. The molecule has 50 valence electrons. The quantitative estimate of drug-likeness (QED) is 0.539. The number of halogens is 1. The summed E-state index contributed by atoms with van der Waals surface area (Å²) in [5, 5.41) is 9.62. The number of rotatable bonds is 0. The minimum atomic E-state index is -0.540. The van der Waals surface area contributed by atoms with Crippen molar-refractivity contribution in [2.45, 2.75) is 0 Å². The number of hydrogen-bond acceptors (Lipinski definition) is 3. The van der Waals surface area contributed by atoms with Crippen molar-refractivity contribution in [3.8, 4) is 0 Å². The van der Waals surface area contributed by atoms with E-state index in [0.29, 0.717) is 11.2 Å². The lowest BCUT2D eigenvalue weighted by Gasteiger charge is -1.82. The third kappa shape index (κ3) is 0.637. The van der Waals surface area contributed by atoms with Gasteiger partial charge < -0.3 is 0 Å². The SMILES string of the molecule is Fc1ccc2n[nH]nc2n1. The number of aromatic nitrogens is 4. The Morgan fingerprint density at radius 1 is 1.30 bits per heavy atom. The highest BCUT2D eigenvalue weighted by Gasteiger charge is 1.98. The topological polar surface area (TPSA) is 54.5 Å². The zero-order chi connectivity index (χ0) is 6.97. The highest BCUT2D eigenvalue weighted by molar-refractivity contribution is 5.67. The van der Waals surface area contributed by atoms with Gasteiger partial charge in [0, 0.05) is 0 Å². The first-order valence-electron chi connectivity index (χ1n) is 2.69. The van der Waals surface area contributed by atoms with E-state index in [-0.39, 0.29) is 0 Å². The summed E-state index contributed by atoms with van der Waals surface area (Å²) in [5.74, 6) is -0.540. The Morgan fingerprint density at radius 2 is 2.20 bits per heavy atom. The minimum Gasteiger partial charge on any atom is -0.196 e. The predicted molar refractivity (Wildman–Crippen MR) is 31.6 cm³/mol. The molecule has 0 radical (unpaired) electrons. The number of H-pyrrole nitrogens is 1. The molecule has 0 atom stereocenters. The number of fused-ring (bicyclic) bond motifs is 1. The Kier molecular flexibility index (Phi) is 0.913. The van der Waals surface area contributed by atoms with Gasteiger partial charge in [0.05, 0.1) is 0 Å².